The fourth-order valence-corrected chi connectivity index (χ4v) is 3.64. The molecule has 1 atom stereocenters. The van der Waals surface area contributed by atoms with Crippen molar-refractivity contribution >= 4 is 44.3 Å². The van der Waals surface area contributed by atoms with E-state index in [1.165, 1.54) is 12.1 Å². The fourth-order valence-electron chi connectivity index (χ4n) is 2.33. The Morgan fingerprint density at radius 1 is 1.04 bits per heavy atom. The molecule has 0 saturated heterocycles. The zero-order valence-electron chi connectivity index (χ0n) is 14.4. The second-order valence-electron chi connectivity index (χ2n) is 5.93. The lowest BCUT2D eigenvalue weighted by Gasteiger charge is -2.17. The van der Waals surface area contributed by atoms with Crippen LogP contribution in [-0.4, -0.2) is 24.4 Å². The van der Waals surface area contributed by atoms with Crippen LogP contribution < -0.4 is 10.0 Å². The predicted molar refractivity (Wildman–Crippen MR) is 105 cm³/mol. The molecule has 0 unspecified atom stereocenters. The zero-order valence-corrected chi connectivity index (χ0v) is 16.0. The molecule has 1 aromatic heterocycles. The van der Waals surface area contributed by atoms with Crippen molar-refractivity contribution in [1.82, 2.24) is 9.97 Å². The first kappa shape index (κ1) is 18.4. The van der Waals surface area contributed by atoms with Crippen LogP contribution in [-0.2, 0) is 10.0 Å². The third-order valence-electron chi connectivity index (χ3n) is 3.90. The lowest BCUT2D eigenvalue weighted by atomic mass is 10.2. The smallest absolute Gasteiger partial charge is 0.263 e. The molecule has 0 aliphatic heterocycles. The van der Waals surface area contributed by atoms with Gasteiger partial charge in [0, 0.05) is 11.1 Å². The number of hydrogen-bond acceptors (Lipinski definition) is 5. The SMILES string of the molecule is CC[C@@H](C)Nc1nc2ccccc2nc1NS(=O)(=O)c1cccc(Cl)c1. The van der Waals surface area contributed by atoms with Gasteiger partial charge in [-0.3, -0.25) is 4.72 Å². The van der Waals surface area contributed by atoms with Crippen LogP contribution in [0.4, 0.5) is 11.6 Å². The minimum Gasteiger partial charge on any atom is -0.365 e. The van der Waals surface area contributed by atoms with E-state index in [0.29, 0.717) is 21.9 Å². The molecule has 2 aromatic carbocycles. The average Bonchev–Trinajstić information content (AvgIpc) is 2.61. The molecule has 6 nitrogen and oxygen atoms in total. The maximum absolute atomic E-state index is 12.7. The first-order valence-electron chi connectivity index (χ1n) is 8.21. The van der Waals surface area contributed by atoms with Gasteiger partial charge in [-0.05, 0) is 43.7 Å². The number of rotatable bonds is 6. The van der Waals surface area contributed by atoms with E-state index in [1.807, 2.05) is 32.0 Å². The van der Waals surface area contributed by atoms with Crippen molar-refractivity contribution in [2.75, 3.05) is 10.0 Å². The number of nitrogens with zero attached hydrogens (tertiary/aromatic N) is 2. The molecule has 8 heteroatoms. The van der Waals surface area contributed by atoms with E-state index in [0.717, 1.165) is 6.42 Å². The van der Waals surface area contributed by atoms with Gasteiger partial charge in [-0.25, -0.2) is 18.4 Å². The van der Waals surface area contributed by atoms with E-state index in [1.54, 1.807) is 18.2 Å². The number of fused-ring (bicyclic) bond motifs is 1. The minimum absolute atomic E-state index is 0.0643. The Morgan fingerprint density at radius 2 is 1.69 bits per heavy atom. The molecule has 0 aliphatic carbocycles. The summed E-state index contributed by atoms with van der Waals surface area (Å²) in [4.78, 5) is 9.04. The second kappa shape index (κ2) is 7.47. The highest BCUT2D eigenvalue weighted by molar-refractivity contribution is 7.92. The summed E-state index contributed by atoms with van der Waals surface area (Å²) in [5.41, 5.74) is 1.29. The standard InChI is InChI=1S/C18H19ClN4O2S/c1-3-12(2)20-17-18(22-16-10-5-4-9-15(16)21-17)23-26(24,25)14-8-6-7-13(19)11-14/h4-12H,3H2,1-2H3,(H,20,21)(H,22,23)/t12-/m1/s1. The molecule has 0 radical (unpaired) electrons. The normalized spacial score (nSPS) is 12.7. The van der Waals surface area contributed by atoms with Crippen molar-refractivity contribution in [3.05, 3.63) is 53.6 Å². The van der Waals surface area contributed by atoms with Crippen LogP contribution in [0.2, 0.25) is 5.02 Å². The molecule has 3 rings (SSSR count). The molecular weight excluding hydrogens is 372 g/mol. The van der Waals surface area contributed by atoms with Crippen LogP contribution in [0.3, 0.4) is 0 Å². The molecular formula is C18H19ClN4O2S. The molecule has 0 bridgehead atoms. The summed E-state index contributed by atoms with van der Waals surface area (Å²) >= 11 is 5.92. The van der Waals surface area contributed by atoms with Crippen molar-refractivity contribution in [2.45, 2.75) is 31.2 Å². The van der Waals surface area contributed by atoms with E-state index >= 15 is 0 Å². The van der Waals surface area contributed by atoms with Gasteiger partial charge in [-0.2, -0.15) is 0 Å². The Balaban J connectivity index is 2.06. The maximum Gasteiger partial charge on any atom is 0.263 e. The third kappa shape index (κ3) is 4.05. The van der Waals surface area contributed by atoms with E-state index in [4.69, 9.17) is 11.6 Å². The van der Waals surface area contributed by atoms with Crippen molar-refractivity contribution in [3.63, 3.8) is 0 Å². The van der Waals surface area contributed by atoms with Gasteiger partial charge in [-0.15, -0.1) is 0 Å². The summed E-state index contributed by atoms with van der Waals surface area (Å²) in [6.07, 6.45) is 0.856. The number of halogens is 1. The van der Waals surface area contributed by atoms with Crippen molar-refractivity contribution in [3.8, 4) is 0 Å². The van der Waals surface area contributed by atoms with Crippen molar-refractivity contribution in [2.24, 2.45) is 0 Å². The van der Waals surface area contributed by atoms with Crippen LogP contribution in [0.15, 0.2) is 53.4 Å². The third-order valence-corrected chi connectivity index (χ3v) is 5.48. The lowest BCUT2D eigenvalue weighted by Crippen LogP contribution is -2.20. The van der Waals surface area contributed by atoms with Crippen LogP contribution in [0.1, 0.15) is 20.3 Å². The van der Waals surface area contributed by atoms with Crippen LogP contribution in [0, 0.1) is 0 Å². The van der Waals surface area contributed by atoms with Gasteiger partial charge >= 0.3 is 0 Å². The molecule has 26 heavy (non-hydrogen) atoms. The molecule has 1 heterocycles. The minimum atomic E-state index is -3.85. The van der Waals surface area contributed by atoms with E-state index in [-0.39, 0.29) is 16.8 Å². The van der Waals surface area contributed by atoms with Gasteiger partial charge in [0.15, 0.2) is 11.6 Å². The number of hydrogen-bond donors (Lipinski definition) is 2. The highest BCUT2D eigenvalue weighted by atomic mass is 35.5. The number of benzene rings is 2. The fraction of sp³-hybridized carbons (Fsp3) is 0.222. The Hall–Kier alpha value is -2.38. The number of para-hydroxylation sites is 2. The van der Waals surface area contributed by atoms with E-state index < -0.39 is 10.0 Å². The van der Waals surface area contributed by atoms with Gasteiger partial charge in [0.1, 0.15) is 0 Å². The number of nitrogens with one attached hydrogen (secondary N) is 2. The second-order valence-corrected chi connectivity index (χ2v) is 8.04. The first-order valence-corrected chi connectivity index (χ1v) is 10.1. The molecule has 0 saturated carbocycles. The van der Waals surface area contributed by atoms with Gasteiger partial charge in [0.05, 0.1) is 15.9 Å². The summed E-state index contributed by atoms with van der Waals surface area (Å²) in [5.74, 6) is 0.549. The Labute approximate surface area is 157 Å². The predicted octanol–water partition coefficient (Wildman–Crippen LogP) is 4.29. The molecule has 0 spiro atoms. The highest BCUT2D eigenvalue weighted by Crippen LogP contribution is 2.25. The molecule has 2 N–H and O–H groups in total. The van der Waals surface area contributed by atoms with E-state index in [2.05, 4.69) is 20.0 Å². The van der Waals surface area contributed by atoms with Gasteiger partial charge in [-0.1, -0.05) is 36.7 Å². The van der Waals surface area contributed by atoms with Gasteiger partial charge in [0.2, 0.25) is 0 Å². The molecule has 136 valence electrons. The largest absolute Gasteiger partial charge is 0.365 e. The summed E-state index contributed by atoms with van der Waals surface area (Å²) in [6, 6.07) is 13.5. The summed E-state index contributed by atoms with van der Waals surface area (Å²) in [6.45, 7) is 4.02. The topological polar surface area (TPSA) is 84.0 Å². The number of aromatic nitrogens is 2. The quantitative estimate of drug-likeness (QED) is 0.655. The summed E-state index contributed by atoms with van der Waals surface area (Å²) < 4.78 is 28.0. The van der Waals surface area contributed by atoms with Gasteiger partial charge in [0.25, 0.3) is 10.0 Å². The molecule has 3 aromatic rings. The summed E-state index contributed by atoms with van der Waals surface area (Å²) in [7, 11) is -3.85. The van der Waals surface area contributed by atoms with Gasteiger partial charge < -0.3 is 5.32 Å². The van der Waals surface area contributed by atoms with Crippen LogP contribution >= 0.6 is 11.6 Å². The maximum atomic E-state index is 12.7. The molecule has 0 aliphatic rings. The van der Waals surface area contributed by atoms with Crippen molar-refractivity contribution in [1.29, 1.82) is 0 Å². The highest BCUT2D eigenvalue weighted by Gasteiger charge is 2.19. The monoisotopic (exact) mass is 390 g/mol. The molecule has 0 amide bonds. The van der Waals surface area contributed by atoms with Crippen molar-refractivity contribution < 1.29 is 8.42 Å². The number of sulfonamides is 1. The van der Waals surface area contributed by atoms with Crippen LogP contribution in [0.5, 0.6) is 0 Å². The molecule has 0 fully saturated rings. The zero-order chi connectivity index (χ0) is 18.7. The lowest BCUT2D eigenvalue weighted by molar-refractivity contribution is 0.601. The number of anilines is 2. The Bertz CT molecular complexity index is 1040. The first-order chi connectivity index (χ1) is 12.4. The summed E-state index contributed by atoms with van der Waals surface area (Å²) in [5, 5.41) is 3.55. The Kier molecular flexibility index (Phi) is 5.29. The van der Waals surface area contributed by atoms with E-state index in [9.17, 15) is 8.42 Å². The Morgan fingerprint density at radius 3 is 2.31 bits per heavy atom. The van der Waals surface area contributed by atoms with Crippen LogP contribution in [0.25, 0.3) is 11.0 Å². The average molecular weight is 391 g/mol.